The maximum atomic E-state index is 13.1. The molecule has 0 unspecified atom stereocenters. The molecule has 1 aliphatic rings. The Morgan fingerprint density at radius 1 is 0.935 bits per heavy atom. The average Bonchev–Trinajstić information content (AvgIpc) is 2.73. The van der Waals surface area contributed by atoms with Gasteiger partial charge in [-0.05, 0) is 93.8 Å². The highest BCUT2D eigenvalue weighted by atomic mass is 35.5. The van der Waals surface area contributed by atoms with Crippen LogP contribution in [-0.4, -0.2) is 55.4 Å². The van der Waals surface area contributed by atoms with Gasteiger partial charge in [0.15, 0.2) is 5.78 Å². The molecule has 31 heavy (non-hydrogen) atoms. The maximum absolute atomic E-state index is 13.1. The molecule has 3 rings (SSSR count). The lowest BCUT2D eigenvalue weighted by Crippen LogP contribution is -2.38. The van der Waals surface area contributed by atoms with E-state index in [1.807, 2.05) is 12.1 Å². The summed E-state index contributed by atoms with van der Waals surface area (Å²) in [4.78, 5) is 16.9. The minimum atomic E-state index is -0.317. The highest BCUT2D eigenvalue weighted by Gasteiger charge is 2.20. The van der Waals surface area contributed by atoms with Gasteiger partial charge in [0.2, 0.25) is 0 Å². The highest BCUT2D eigenvalue weighted by Crippen LogP contribution is 2.27. The lowest BCUT2D eigenvalue weighted by atomic mass is 9.89. The molecular weight excluding hydrogens is 441 g/mol. The smallest absolute Gasteiger partial charge is 0.162 e. The molecule has 1 aliphatic heterocycles. The second-order valence-corrected chi connectivity index (χ2v) is 8.00. The minimum absolute atomic E-state index is 0. The zero-order valence-corrected chi connectivity index (χ0v) is 19.6. The molecule has 1 heterocycles. The summed E-state index contributed by atoms with van der Waals surface area (Å²) in [6.07, 6.45) is 3.52. The van der Waals surface area contributed by atoms with E-state index < -0.39 is 0 Å². The fourth-order valence-electron chi connectivity index (χ4n) is 3.94. The van der Waals surface area contributed by atoms with Crippen LogP contribution < -0.4 is 0 Å². The summed E-state index contributed by atoms with van der Waals surface area (Å²) in [6, 6.07) is 12.7. The van der Waals surface area contributed by atoms with Crippen LogP contribution in [-0.2, 0) is 0 Å². The number of likely N-dealkylation sites (tertiary alicyclic amines) is 1. The van der Waals surface area contributed by atoms with Crippen LogP contribution in [0.25, 0.3) is 0 Å². The predicted molar refractivity (Wildman–Crippen MR) is 127 cm³/mol. The lowest BCUT2D eigenvalue weighted by Gasteiger charge is -2.33. The van der Waals surface area contributed by atoms with E-state index in [-0.39, 0.29) is 42.2 Å². The first-order valence-corrected chi connectivity index (χ1v) is 10.5. The lowest BCUT2D eigenvalue weighted by molar-refractivity contribution is 0.0975. The molecular formula is C24H32Cl2F2N2O. The van der Waals surface area contributed by atoms with E-state index in [2.05, 4.69) is 16.8 Å². The van der Waals surface area contributed by atoms with E-state index in [0.717, 1.165) is 52.0 Å². The van der Waals surface area contributed by atoms with Gasteiger partial charge in [-0.1, -0.05) is 12.1 Å². The van der Waals surface area contributed by atoms with Gasteiger partial charge in [-0.3, -0.25) is 4.79 Å². The summed E-state index contributed by atoms with van der Waals surface area (Å²) in [5.41, 5.74) is 1.83. The first-order valence-electron chi connectivity index (χ1n) is 10.5. The number of Topliss-reactive ketones (excluding diaryl/α,β-unsaturated/α-hetero) is 1. The van der Waals surface area contributed by atoms with Gasteiger partial charge >= 0.3 is 0 Å². The second kappa shape index (κ2) is 13.8. The Morgan fingerprint density at radius 3 is 2.06 bits per heavy atom. The minimum Gasteiger partial charge on any atom is -0.305 e. The van der Waals surface area contributed by atoms with Gasteiger partial charge < -0.3 is 9.80 Å². The largest absolute Gasteiger partial charge is 0.305 e. The molecule has 1 saturated heterocycles. The summed E-state index contributed by atoms with van der Waals surface area (Å²) in [5.74, 6) is 0.111. The Balaban J connectivity index is 0.00000240. The molecule has 1 fully saturated rings. The number of ketones is 1. The van der Waals surface area contributed by atoms with Gasteiger partial charge in [0.05, 0.1) is 0 Å². The van der Waals surface area contributed by atoms with Crippen molar-refractivity contribution >= 4 is 30.6 Å². The molecule has 7 heteroatoms. The third-order valence-corrected chi connectivity index (χ3v) is 5.84. The van der Waals surface area contributed by atoms with E-state index in [9.17, 15) is 13.6 Å². The molecule has 172 valence electrons. The molecule has 0 N–H and O–H groups in total. The summed E-state index contributed by atoms with van der Waals surface area (Å²) in [5, 5.41) is 0. The van der Waals surface area contributed by atoms with E-state index >= 15 is 0 Å². The van der Waals surface area contributed by atoms with E-state index in [0.29, 0.717) is 17.9 Å². The second-order valence-electron chi connectivity index (χ2n) is 8.00. The maximum Gasteiger partial charge on any atom is 0.162 e. The van der Waals surface area contributed by atoms with Crippen molar-refractivity contribution in [3.63, 3.8) is 0 Å². The van der Waals surface area contributed by atoms with Crippen LogP contribution in [0.3, 0.4) is 0 Å². The summed E-state index contributed by atoms with van der Waals surface area (Å²) >= 11 is 0. The molecule has 0 atom stereocenters. The molecule has 0 aromatic heterocycles. The van der Waals surface area contributed by atoms with Gasteiger partial charge in [-0.25, -0.2) is 8.78 Å². The third-order valence-electron chi connectivity index (χ3n) is 5.84. The molecule has 0 saturated carbocycles. The van der Waals surface area contributed by atoms with Crippen molar-refractivity contribution in [1.82, 2.24) is 9.80 Å². The number of halogens is 4. The summed E-state index contributed by atoms with van der Waals surface area (Å²) < 4.78 is 26.0. The van der Waals surface area contributed by atoms with Crippen molar-refractivity contribution < 1.29 is 13.6 Å². The van der Waals surface area contributed by atoms with Gasteiger partial charge in [0, 0.05) is 25.1 Å². The zero-order valence-electron chi connectivity index (χ0n) is 17.9. The van der Waals surface area contributed by atoms with Crippen molar-refractivity contribution in [2.75, 3.05) is 39.8 Å². The van der Waals surface area contributed by atoms with Crippen molar-refractivity contribution in [1.29, 1.82) is 0 Å². The number of benzene rings is 2. The molecule has 3 nitrogen and oxygen atoms in total. The van der Waals surface area contributed by atoms with Crippen LogP contribution in [0.1, 0.15) is 47.5 Å². The molecule has 0 radical (unpaired) electrons. The topological polar surface area (TPSA) is 23.6 Å². The first kappa shape index (κ1) is 27.5. The third kappa shape index (κ3) is 8.85. The number of likely N-dealkylation sites (N-methyl/N-ethyl adjacent to an activating group) is 1. The Kier molecular flexibility index (Phi) is 12.2. The van der Waals surface area contributed by atoms with Crippen LogP contribution in [0.2, 0.25) is 0 Å². The van der Waals surface area contributed by atoms with E-state index in [1.165, 1.54) is 17.7 Å². The van der Waals surface area contributed by atoms with Gasteiger partial charge in [-0.2, -0.15) is 0 Å². The molecule has 0 bridgehead atoms. The van der Waals surface area contributed by atoms with Crippen molar-refractivity contribution in [3.8, 4) is 0 Å². The highest BCUT2D eigenvalue weighted by molar-refractivity contribution is 5.95. The van der Waals surface area contributed by atoms with Crippen LogP contribution in [0.5, 0.6) is 0 Å². The normalized spacial score (nSPS) is 14.7. The monoisotopic (exact) mass is 472 g/mol. The van der Waals surface area contributed by atoms with Crippen molar-refractivity contribution in [2.24, 2.45) is 0 Å². The Morgan fingerprint density at radius 2 is 1.48 bits per heavy atom. The number of hydrogen-bond donors (Lipinski definition) is 0. The fourth-order valence-corrected chi connectivity index (χ4v) is 3.94. The standard InChI is InChI=1S/C24H30F2N2O.2ClH/c1-27(14-2-3-24(29)21-6-10-23(26)11-7-21)17-18-28-15-12-20(13-16-28)19-4-8-22(25)9-5-19;;/h4-11,20H,2-3,12-18H2,1H3;2*1H. The Hall–Kier alpha value is -1.53. The van der Waals surface area contributed by atoms with Crippen LogP contribution in [0, 0.1) is 11.6 Å². The van der Waals surface area contributed by atoms with Crippen LogP contribution in [0.4, 0.5) is 8.78 Å². The number of carbonyl (C=O) groups excluding carboxylic acids is 1. The molecule has 2 aromatic carbocycles. The summed E-state index contributed by atoms with van der Waals surface area (Å²) in [6.45, 7) is 5.02. The number of hydrogen-bond acceptors (Lipinski definition) is 3. The quantitative estimate of drug-likeness (QED) is 0.444. The number of piperidine rings is 1. The average molecular weight is 473 g/mol. The zero-order chi connectivity index (χ0) is 20.6. The molecule has 2 aromatic rings. The van der Waals surface area contributed by atoms with Gasteiger partial charge in [0.25, 0.3) is 0 Å². The molecule has 0 aliphatic carbocycles. The Bertz CT molecular complexity index is 779. The fraction of sp³-hybridized carbons (Fsp3) is 0.458. The van der Waals surface area contributed by atoms with E-state index in [4.69, 9.17) is 0 Å². The molecule has 0 amide bonds. The first-order chi connectivity index (χ1) is 14.0. The SMILES string of the molecule is CN(CCCC(=O)c1ccc(F)cc1)CCN1CCC(c2ccc(F)cc2)CC1.Cl.Cl. The summed E-state index contributed by atoms with van der Waals surface area (Å²) in [7, 11) is 2.09. The number of rotatable bonds is 9. The van der Waals surface area contributed by atoms with E-state index in [1.54, 1.807) is 24.3 Å². The van der Waals surface area contributed by atoms with Crippen molar-refractivity contribution in [3.05, 3.63) is 71.3 Å². The van der Waals surface area contributed by atoms with Crippen molar-refractivity contribution in [2.45, 2.75) is 31.6 Å². The predicted octanol–water partition coefficient (Wildman–Crippen LogP) is 5.58. The Labute approximate surface area is 196 Å². The number of carbonyl (C=O) groups is 1. The molecule has 0 spiro atoms. The van der Waals surface area contributed by atoms with Crippen LogP contribution in [0.15, 0.2) is 48.5 Å². The van der Waals surface area contributed by atoms with Gasteiger partial charge in [-0.15, -0.1) is 24.8 Å². The van der Waals surface area contributed by atoms with Gasteiger partial charge in [0.1, 0.15) is 11.6 Å². The van der Waals surface area contributed by atoms with Crippen LogP contribution >= 0.6 is 24.8 Å². The number of nitrogens with zero attached hydrogens (tertiary/aromatic N) is 2.